The van der Waals surface area contributed by atoms with Crippen LogP contribution in [-0.4, -0.2) is 30.6 Å². The molecule has 1 unspecified atom stereocenters. The van der Waals surface area contributed by atoms with Crippen molar-refractivity contribution in [2.45, 2.75) is 37.9 Å². The molecule has 1 aromatic carbocycles. The van der Waals surface area contributed by atoms with Gasteiger partial charge < -0.3 is 15.1 Å². The highest BCUT2D eigenvalue weighted by Crippen LogP contribution is 2.38. The first-order valence-corrected chi connectivity index (χ1v) is 10.4. The molecule has 0 spiro atoms. The number of halogens is 3. The van der Waals surface area contributed by atoms with Gasteiger partial charge in [-0.1, -0.05) is 0 Å². The van der Waals surface area contributed by atoms with Gasteiger partial charge in [-0.05, 0) is 66.3 Å². The van der Waals surface area contributed by atoms with Crippen molar-refractivity contribution in [3.05, 3.63) is 46.2 Å². The molecule has 0 aliphatic carbocycles. The average molecular weight is 409 g/mol. The number of likely N-dealkylation sites (tertiary alicyclic amines) is 1. The highest BCUT2D eigenvalue weighted by molar-refractivity contribution is 7.08. The standard InChI is InChI=1S/C20H22F3N3OS/c21-20(22,23)15-5-6-18(25-8-1-2-9-25)16(12-15)24-19(27)26-10-3-4-17(26)14-7-11-28-13-14/h5-7,11-13,17H,1-4,8-10H2,(H,24,27). The first-order chi connectivity index (χ1) is 13.4. The van der Waals surface area contributed by atoms with Gasteiger partial charge in [-0.2, -0.15) is 24.5 Å². The van der Waals surface area contributed by atoms with Crippen molar-refractivity contribution in [3.63, 3.8) is 0 Å². The number of urea groups is 1. The second kappa shape index (κ2) is 7.66. The fourth-order valence-corrected chi connectivity index (χ4v) is 4.76. The van der Waals surface area contributed by atoms with Crippen molar-refractivity contribution in [1.82, 2.24) is 4.90 Å². The monoisotopic (exact) mass is 409 g/mol. The highest BCUT2D eigenvalue weighted by atomic mass is 32.1. The Bertz CT molecular complexity index is 832. The van der Waals surface area contributed by atoms with Crippen molar-refractivity contribution >= 4 is 28.7 Å². The van der Waals surface area contributed by atoms with E-state index in [1.807, 2.05) is 21.7 Å². The van der Waals surface area contributed by atoms with Crippen LogP contribution in [0.5, 0.6) is 0 Å². The van der Waals surface area contributed by atoms with Crippen molar-refractivity contribution in [2.24, 2.45) is 0 Å². The summed E-state index contributed by atoms with van der Waals surface area (Å²) in [6, 6.07) is 5.26. The van der Waals surface area contributed by atoms with Crippen LogP contribution >= 0.6 is 11.3 Å². The van der Waals surface area contributed by atoms with Crippen LogP contribution in [-0.2, 0) is 6.18 Å². The average Bonchev–Trinajstić information content (AvgIpc) is 3.41. The number of hydrogen-bond acceptors (Lipinski definition) is 3. The summed E-state index contributed by atoms with van der Waals surface area (Å²) >= 11 is 1.58. The van der Waals surface area contributed by atoms with Gasteiger partial charge in [0.1, 0.15) is 0 Å². The zero-order valence-corrected chi connectivity index (χ0v) is 16.2. The van der Waals surface area contributed by atoms with Crippen LogP contribution in [0.2, 0.25) is 0 Å². The summed E-state index contributed by atoms with van der Waals surface area (Å²) in [5.74, 6) is 0. The maximum atomic E-state index is 13.2. The van der Waals surface area contributed by atoms with Gasteiger partial charge in [0.25, 0.3) is 0 Å². The minimum absolute atomic E-state index is 0.0210. The lowest BCUT2D eigenvalue weighted by Crippen LogP contribution is -2.35. The molecule has 2 aliphatic heterocycles. The zero-order chi connectivity index (χ0) is 19.7. The summed E-state index contributed by atoms with van der Waals surface area (Å²) in [6.45, 7) is 2.18. The summed E-state index contributed by atoms with van der Waals surface area (Å²) in [5.41, 5.74) is 1.23. The molecular weight excluding hydrogens is 387 g/mol. The largest absolute Gasteiger partial charge is 0.416 e. The van der Waals surface area contributed by atoms with E-state index >= 15 is 0 Å². The number of alkyl halides is 3. The molecule has 1 aromatic heterocycles. The topological polar surface area (TPSA) is 35.6 Å². The fourth-order valence-electron chi connectivity index (χ4n) is 4.05. The minimum Gasteiger partial charge on any atom is -0.370 e. The predicted molar refractivity (Wildman–Crippen MR) is 105 cm³/mol. The molecule has 1 N–H and O–H groups in total. The molecule has 1 atom stereocenters. The van der Waals surface area contributed by atoms with Gasteiger partial charge in [0.2, 0.25) is 0 Å². The third-order valence-electron chi connectivity index (χ3n) is 5.45. The van der Waals surface area contributed by atoms with Gasteiger partial charge in [0.05, 0.1) is 23.0 Å². The van der Waals surface area contributed by atoms with Crippen LogP contribution in [0, 0.1) is 0 Å². The van der Waals surface area contributed by atoms with Crippen molar-refractivity contribution in [1.29, 1.82) is 0 Å². The number of carbonyl (C=O) groups excluding carboxylic acids is 1. The van der Waals surface area contributed by atoms with Crippen molar-refractivity contribution in [3.8, 4) is 0 Å². The second-order valence-electron chi connectivity index (χ2n) is 7.26. The molecule has 2 aliphatic rings. The van der Waals surface area contributed by atoms with Gasteiger partial charge in [-0.15, -0.1) is 0 Å². The molecular formula is C20H22F3N3OS. The second-order valence-corrected chi connectivity index (χ2v) is 8.04. The molecule has 2 aromatic rings. The maximum Gasteiger partial charge on any atom is 0.416 e. The summed E-state index contributed by atoms with van der Waals surface area (Å²) in [4.78, 5) is 16.7. The van der Waals surface area contributed by atoms with E-state index in [1.54, 1.807) is 16.2 Å². The zero-order valence-electron chi connectivity index (χ0n) is 15.3. The molecule has 2 fully saturated rings. The smallest absolute Gasteiger partial charge is 0.370 e. The maximum absolute atomic E-state index is 13.2. The SMILES string of the molecule is O=C(Nc1cc(C(F)(F)F)ccc1N1CCCC1)N1CCCC1c1ccsc1. The van der Waals surface area contributed by atoms with E-state index < -0.39 is 11.7 Å². The molecule has 8 heteroatoms. The van der Waals surface area contributed by atoms with Gasteiger partial charge in [0.15, 0.2) is 0 Å². The quantitative estimate of drug-likeness (QED) is 0.702. The van der Waals surface area contributed by atoms with Gasteiger partial charge in [-0.3, -0.25) is 0 Å². The van der Waals surface area contributed by atoms with E-state index in [0.29, 0.717) is 12.2 Å². The number of amides is 2. The normalized spacial score (nSPS) is 20.0. The summed E-state index contributed by atoms with van der Waals surface area (Å²) < 4.78 is 39.7. The third kappa shape index (κ3) is 3.83. The lowest BCUT2D eigenvalue weighted by molar-refractivity contribution is -0.137. The first-order valence-electron chi connectivity index (χ1n) is 9.49. The number of nitrogens with zero attached hydrogens (tertiary/aromatic N) is 2. The van der Waals surface area contributed by atoms with Gasteiger partial charge in [0, 0.05) is 19.6 Å². The van der Waals surface area contributed by atoms with Gasteiger partial charge >= 0.3 is 12.2 Å². The number of carbonyl (C=O) groups is 1. The van der Waals surface area contributed by atoms with E-state index in [1.165, 1.54) is 6.07 Å². The van der Waals surface area contributed by atoms with Crippen molar-refractivity contribution < 1.29 is 18.0 Å². The Labute approximate surface area is 165 Å². The van der Waals surface area contributed by atoms with Crippen LogP contribution in [0.15, 0.2) is 35.0 Å². The summed E-state index contributed by atoms with van der Waals surface area (Å²) in [7, 11) is 0. The highest BCUT2D eigenvalue weighted by Gasteiger charge is 2.34. The molecule has 4 rings (SSSR count). The molecule has 28 heavy (non-hydrogen) atoms. The Morgan fingerprint density at radius 3 is 2.57 bits per heavy atom. The fraction of sp³-hybridized carbons (Fsp3) is 0.450. The Balaban J connectivity index is 1.61. The lowest BCUT2D eigenvalue weighted by Gasteiger charge is -2.27. The number of rotatable bonds is 3. The van der Waals surface area contributed by atoms with Crippen LogP contribution in [0.4, 0.5) is 29.3 Å². The van der Waals surface area contributed by atoms with Crippen LogP contribution in [0.3, 0.4) is 0 Å². The Morgan fingerprint density at radius 1 is 1.11 bits per heavy atom. The Hall–Kier alpha value is -2.22. The van der Waals surface area contributed by atoms with Crippen LogP contribution in [0.1, 0.15) is 42.9 Å². The van der Waals surface area contributed by atoms with Crippen LogP contribution < -0.4 is 10.2 Å². The van der Waals surface area contributed by atoms with E-state index in [4.69, 9.17) is 0 Å². The van der Waals surface area contributed by atoms with Crippen molar-refractivity contribution in [2.75, 3.05) is 29.9 Å². The lowest BCUT2D eigenvalue weighted by atomic mass is 10.1. The van der Waals surface area contributed by atoms with Crippen LogP contribution in [0.25, 0.3) is 0 Å². The summed E-state index contributed by atoms with van der Waals surface area (Å²) in [6.07, 6.45) is -0.696. The number of hydrogen-bond donors (Lipinski definition) is 1. The predicted octanol–water partition coefficient (Wildman–Crippen LogP) is 5.74. The van der Waals surface area contributed by atoms with E-state index in [0.717, 1.165) is 56.5 Å². The van der Waals surface area contributed by atoms with E-state index in [9.17, 15) is 18.0 Å². The Morgan fingerprint density at radius 2 is 1.89 bits per heavy atom. The molecule has 0 radical (unpaired) electrons. The Kier molecular flexibility index (Phi) is 5.23. The third-order valence-corrected chi connectivity index (χ3v) is 6.16. The number of anilines is 2. The minimum atomic E-state index is -4.45. The molecule has 2 saturated heterocycles. The molecule has 0 bridgehead atoms. The van der Waals surface area contributed by atoms with E-state index in [-0.39, 0.29) is 17.8 Å². The first kappa shape index (κ1) is 19.1. The number of nitrogens with one attached hydrogen (secondary N) is 1. The van der Waals surface area contributed by atoms with Gasteiger partial charge in [-0.25, -0.2) is 4.79 Å². The molecule has 0 saturated carbocycles. The molecule has 4 nitrogen and oxygen atoms in total. The summed E-state index contributed by atoms with van der Waals surface area (Å²) in [5, 5.41) is 6.78. The molecule has 150 valence electrons. The molecule has 2 amide bonds. The molecule has 3 heterocycles. The van der Waals surface area contributed by atoms with E-state index in [2.05, 4.69) is 5.32 Å². The number of benzene rings is 1. The number of thiophene rings is 1.